The average Bonchev–Trinajstić information content (AvgIpc) is 2.74. The van der Waals surface area contributed by atoms with Crippen LogP contribution in [-0.4, -0.2) is 45.7 Å². The maximum absolute atomic E-state index is 12.4. The van der Waals surface area contributed by atoms with Crippen molar-refractivity contribution in [1.82, 2.24) is 4.90 Å². The monoisotopic (exact) mass is 395 g/mol. The molecule has 0 bridgehead atoms. The molecule has 1 aromatic rings. The van der Waals surface area contributed by atoms with E-state index in [4.69, 9.17) is 16.7 Å². The van der Waals surface area contributed by atoms with E-state index in [1.54, 1.807) is 12.1 Å². The summed E-state index contributed by atoms with van der Waals surface area (Å²) < 4.78 is 0.692. The van der Waals surface area contributed by atoms with E-state index in [0.29, 0.717) is 14.2 Å². The van der Waals surface area contributed by atoms with Gasteiger partial charge < -0.3 is 15.1 Å². The molecular formula is C12H11ClINO4. The SMILES string of the molecule is O=C(O)[C@@H]1C[C@H](O)CN1C(=O)c1cc(Cl)ccc1I. The number of aliphatic carboxylic acids is 1. The summed E-state index contributed by atoms with van der Waals surface area (Å²) in [6.45, 7) is 0.0262. The molecule has 1 fully saturated rings. The molecule has 1 aromatic carbocycles. The van der Waals surface area contributed by atoms with E-state index in [-0.39, 0.29) is 13.0 Å². The molecular weight excluding hydrogens is 384 g/mol. The number of hydrogen-bond donors (Lipinski definition) is 2. The summed E-state index contributed by atoms with van der Waals surface area (Å²) in [6.07, 6.45) is -0.750. The van der Waals surface area contributed by atoms with E-state index in [9.17, 15) is 14.7 Å². The van der Waals surface area contributed by atoms with Gasteiger partial charge in [0.05, 0.1) is 11.7 Å². The van der Waals surface area contributed by atoms with Crippen molar-refractivity contribution in [1.29, 1.82) is 0 Å². The van der Waals surface area contributed by atoms with Crippen LogP contribution in [0.15, 0.2) is 18.2 Å². The molecule has 1 aliphatic rings. The first kappa shape index (κ1) is 14.5. The molecule has 102 valence electrons. The van der Waals surface area contributed by atoms with Crippen molar-refractivity contribution in [3.63, 3.8) is 0 Å². The number of likely N-dealkylation sites (tertiary alicyclic amines) is 1. The number of rotatable bonds is 2. The third-order valence-corrected chi connectivity index (χ3v) is 4.16. The lowest BCUT2D eigenvalue weighted by molar-refractivity contribution is -0.141. The highest BCUT2D eigenvalue weighted by Crippen LogP contribution is 2.25. The second kappa shape index (κ2) is 5.64. The summed E-state index contributed by atoms with van der Waals surface area (Å²) in [5.41, 5.74) is 0.355. The smallest absolute Gasteiger partial charge is 0.326 e. The summed E-state index contributed by atoms with van der Waals surface area (Å²) in [7, 11) is 0. The molecule has 0 aliphatic carbocycles. The van der Waals surface area contributed by atoms with Gasteiger partial charge in [0.2, 0.25) is 0 Å². The molecule has 0 radical (unpaired) electrons. The van der Waals surface area contributed by atoms with Crippen molar-refractivity contribution in [2.45, 2.75) is 18.6 Å². The normalized spacial score (nSPS) is 22.6. The zero-order valence-corrected chi connectivity index (χ0v) is 12.6. The molecule has 1 saturated heterocycles. The van der Waals surface area contributed by atoms with Crippen LogP contribution in [0.5, 0.6) is 0 Å². The number of hydrogen-bond acceptors (Lipinski definition) is 3. The predicted octanol–water partition coefficient (Wildman–Crippen LogP) is 1.60. The Morgan fingerprint density at radius 1 is 1.42 bits per heavy atom. The van der Waals surface area contributed by atoms with Gasteiger partial charge in [-0.2, -0.15) is 0 Å². The minimum Gasteiger partial charge on any atom is -0.480 e. The van der Waals surface area contributed by atoms with Crippen molar-refractivity contribution >= 4 is 46.1 Å². The Labute approximate surface area is 128 Å². The van der Waals surface area contributed by atoms with E-state index < -0.39 is 24.0 Å². The first-order valence-electron chi connectivity index (χ1n) is 5.57. The van der Waals surface area contributed by atoms with E-state index in [2.05, 4.69) is 0 Å². The zero-order valence-electron chi connectivity index (χ0n) is 9.72. The summed E-state index contributed by atoms with van der Waals surface area (Å²) in [5, 5.41) is 19.1. The van der Waals surface area contributed by atoms with Crippen LogP contribution in [0.1, 0.15) is 16.8 Å². The van der Waals surface area contributed by atoms with Gasteiger partial charge in [0.1, 0.15) is 6.04 Å². The van der Waals surface area contributed by atoms with Gasteiger partial charge in [0.25, 0.3) is 5.91 Å². The number of halogens is 2. The molecule has 2 atom stereocenters. The number of β-amino-alcohol motifs (C(OH)–C–C–N with tert-alkyl or cyclic N) is 1. The quantitative estimate of drug-likeness (QED) is 0.746. The Hall–Kier alpha value is -0.860. The molecule has 0 aromatic heterocycles. The minimum absolute atomic E-state index is 0.0262. The fourth-order valence-electron chi connectivity index (χ4n) is 2.09. The number of carboxylic acid groups (broad SMARTS) is 1. The van der Waals surface area contributed by atoms with Crippen molar-refractivity contribution in [2.24, 2.45) is 0 Å². The van der Waals surface area contributed by atoms with Gasteiger partial charge in [-0.15, -0.1) is 0 Å². The van der Waals surface area contributed by atoms with Crippen LogP contribution >= 0.6 is 34.2 Å². The number of nitrogens with zero attached hydrogens (tertiary/aromatic N) is 1. The van der Waals surface area contributed by atoms with Gasteiger partial charge in [-0.3, -0.25) is 4.79 Å². The lowest BCUT2D eigenvalue weighted by Gasteiger charge is -2.21. The van der Waals surface area contributed by atoms with Crippen LogP contribution in [0, 0.1) is 3.57 Å². The first-order valence-corrected chi connectivity index (χ1v) is 7.02. The van der Waals surface area contributed by atoms with Crippen LogP contribution in [-0.2, 0) is 4.79 Å². The number of aliphatic hydroxyl groups excluding tert-OH is 1. The summed E-state index contributed by atoms with van der Waals surface area (Å²) >= 11 is 7.85. The van der Waals surface area contributed by atoms with E-state index in [0.717, 1.165) is 0 Å². The van der Waals surface area contributed by atoms with Gasteiger partial charge in [0, 0.05) is 21.6 Å². The average molecular weight is 396 g/mol. The highest BCUT2D eigenvalue weighted by atomic mass is 127. The van der Waals surface area contributed by atoms with Gasteiger partial charge in [0.15, 0.2) is 0 Å². The maximum Gasteiger partial charge on any atom is 0.326 e. The number of carbonyl (C=O) groups is 2. The molecule has 0 saturated carbocycles. The predicted molar refractivity (Wildman–Crippen MR) is 77.3 cm³/mol. The first-order chi connectivity index (χ1) is 8.90. The van der Waals surface area contributed by atoms with E-state index in [1.165, 1.54) is 11.0 Å². The lowest BCUT2D eigenvalue weighted by Crippen LogP contribution is -2.40. The molecule has 1 amide bonds. The Morgan fingerprint density at radius 3 is 2.74 bits per heavy atom. The molecule has 19 heavy (non-hydrogen) atoms. The van der Waals surface area contributed by atoms with Gasteiger partial charge in [-0.1, -0.05) is 11.6 Å². The van der Waals surface area contributed by atoms with Crippen molar-refractivity contribution in [3.8, 4) is 0 Å². The number of benzene rings is 1. The topological polar surface area (TPSA) is 77.8 Å². The molecule has 7 heteroatoms. The summed E-state index contributed by atoms with van der Waals surface area (Å²) in [4.78, 5) is 24.7. The van der Waals surface area contributed by atoms with E-state index >= 15 is 0 Å². The molecule has 2 rings (SSSR count). The number of aliphatic hydroxyl groups is 1. The van der Waals surface area contributed by atoms with Crippen molar-refractivity contribution in [2.75, 3.05) is 6.54 Å². The van der Waals surface area contributed by atoms with E-state index in [1.807, 2.05) is 22.6 Å². The van der Waals surface area contributed by atoms with Gasteiger partial charge >= 0.3 is 5.97 Å². The standard InChI is InChI=1S/C12H11ClINO4/c13-6-1-2-9(14)8(3-6)11(17)15-5-7(16)4-10(15)12(18)19/h1-3,7,10,16H,4-5H2,(H,18,19)/t7-,10-/m0/s1. The second-order valence-electron chi connectivity index (χ2n) is 4.33. The Morgan fingerprint density at radius 2 is 2.11 bits per heavy atom. The fourth-order valence-corrected chi connectivity index (χ4v) is 2.83. The molecule has 0 unspecified atom stereocenters. The second-order valence-corrected chi connectivity index (χ2v) is 5.92. The Bertz CT molecular complexity index is 536. The highest BCUT2D eigenvalue weighted by molar-refractivity contribution is 14.1. The number of amides is 1. The van der Waals surface area contributed by atoms with Crippen molar-refractivity contribution in [3.05, 3.63) is 32.4 Å². The third kappa shape index (κ3) is 3.01. The zero-order chi connectivity index (χ0) is 14.2. The maximum atomic E-state index is 12.4. The lowest BCUT2D eigenvalue weighted by atomic mass is 10.1. The largest absolute Gasteiger partial charge is 0.480 e. The van der Waals surface area contributed by atoms with Crippen molar-refractivity contribution < 1.29 is 19.8 Å². The summed E-state index contributed by atoms with van der Waals surface area (Å²) in [5.74, 6) is -1.53. The van der Waals surface area contributed by atoms with Crippen LogP contribution in [0.2, 0.25) is 5.02 Å². The number of carbonyl (C=O) groups excluding carboxylic acids is 1. The molecule has 1 aliphatic heterocycles. The molecule has 5 nitrogen and oxygen atoms in total. The molecule has 0 spiro atoms. The van der Waals surface area contributed by atoms with Crippen LogP contribution in [0.3, 0.4) is 0 Å². The minimum atomic E-state index is -1.11. The van der Waals surface area contributed by atoms with Gasteiger partial charge in [-0.25, -0.2) is 4.79 Å². The highest BCUT2D eigenvalue weighted by Gasteiger charge is 2.39. The van der Waals surface area contributed by atoms with Crippen LogP contribution in [0.4, 0.5) is 0 Å². The Kier molecular flexibility index (Phi) is 4.32. The molecule has 2 N–H and O–H groups in total. The fraction of sp³-hybridized carbons (Fsp3) is 0.333. The van der Waals surface area contributed by atoms with Crippen LogP contribution < -0.4 is 0 Å². The van der Waals surface area contributed by atoms with Crippen LogP contribution in [0.25, 0.3) is 0 Å². The molecule has 1 heterocycles. The third-order valence-electron chi connectivity index (χ3n) is 2.98. The number of carboxylic acids is 1. The van der Waals surface area contributed by atoms with Gasteiger partial charge in [-0.05, 0) is 40.8 Å². The Balaban J connectivity index is 2.33. The summed E-state index contributed by atoms with van der Waals surface area (Å²) in [6, 6.07) is 3.87.